The van der Waals surface area contributed by atoms with Crippen LogP contribution in [-0.2, 0) is 11.0 Å². The second kappa shape index (κ2) is 2.98. The van der Waals surface area contributed by atoms with Crippen LogP contribution < -0.4 is 5.32 Å². The molecule has 0 aromatic heterocycles. The first kappa shape index (κ1) is 10.0. The Morgan fingerprint density at radius 1 is 1.33 bits per heavy atom. The van der Waals surface area contributed by atoms with Gasteiger partial charge in [-0.2, -0.15) is 13.2 Å². The third-order valence-corrected chi connectivity index (χ3v) is 2.50. The van der Waals surface area contributed by atoms with E-state index in [9.17, 15) is 18.0 Å². The summed E-state index contributed by atoms with van der Waals surface area (Å²) in [7, 11) is 0. The van der Waals surface area contributed by atoms with Crippen molar-refractivity contribution in [3.63, 3.8) is 0 Å². The van der Waals surface area contributed by atoms with Gasteiger partial charge in [-0.1, -0.05) is 6.07 Å². The Morgan fingerprint density at radius 3 is 2.60 bits per heavy atom. The van der Waals surface area contributed by atoms with Crippen molar-refractivity contribution in [2.75, 3.05) is 5.32 Å². The first-order valence-corrected chi connectivity index (χ1v) is 4.41. The van der Waals surface area contributed by atoms with E-state index in [2.05, 4.69) is 5.32 Å². The summed E-state index contributed by atoms with van der Waals surface area (Å²) < 4.78 is 37.0. The van der Waals surface area contributed by atoms with E-state index >= 15 is 0 Å². The van der Waals surface area contributed by atoms with Crippen LogP contribution in [0.25, 0.3) is 0 Å². The average molecular weight is 215 g/mol. The number of amides is 1. The summed E-state index contributed by atoms with van der Waals surface area (Å²) in [6.45, 7) is 1.66. The van der Waals surface area contributed by atoms with Gasteiger partial charge in [0.2, 0.25) is 5.91 Å². The molecule has 5 heteroatoms. The van der Waals surface area contributed by atoms with E-state index < -0.39 is 11.7 Å². The maximum Gasteiger partial charge on any atom is 0.416 e. The van der Waals surface area contributed by atoms with Crippen molar-refractivity contribution in [2.45, 2.75) is 19.0 Å². The highest BCUT2D eigenvalue weighted by atomic mass is 19.4. The van der Waals surface area contributed by atoms with Crippen molar-refractivity contribution in [3.8, 4) is 0 Å². The second-order valence-electron chi connectivity index (χ2n) is 3.51. The van der Waals surface area contributed by atoms with Crippen LogP contribution in [0.5, 0.6) is 0 Å². The topological polar surface area (TPSA) is 29.1 Å². The number of carbonyl (C=O) groups is 1. The summed E-state index contributed by atoms with van der Waals surface area (Å²) >= 11 is 0. The molecule has 0 bridgehead atoms. The van der Waals surface area contributed by atoms with E-state index in [1.54, 1.807) is 6.92 Å². The van der Waals surface area contributed by atoms with E-state index in [1.807, 2.05) is 0 Å². The molecule has 1 aromatic carbocycles. The average Bonchev–Trinajstić information content (AvgIpc) is 2.41. The second-order valence-corrected chi connectivity index (χ2v) is 3.51. The minimum atomic E-state index is -4.37. The number of alkyl halides is 3. The molecular formula is C10H8F3NO. The molecule has 1 N–H and O–H groups in total. The molecule has 0 radical (unpaired) electrons. The Kier molecular flexibility index (Phi) is 1.99. The van der Waals surface area contributed by atoms with Crippen LogP contribution in [0.3, 0.4) is 0 Å². The number of fused-ring (bicyclic) bond motifs is 1. The molecule has 0 fully saturated rings. The molecule has 2 nitrogen and oxygen atoms in total. The normalized spacial score (nSPS) is 20.0. The minimum Gasteiger partial charge on any atom is -0.325 e. The first-order chi connectivity index (χ1) is 6.89. The highest BCUT2D eigenvalue weighted by Gasteiger charge is 2.34. The largest absolute Gasteiger partial charge is 0.416 e. The molecule has 2 rings (SSSR count). The van der Waals surface area contributed by atoms with Gasteiger partial charge in [-0.05, 0) is 24.6 Å². The SMILES string of the molecule is CC1C(=O)Nc2cc(C(F)(F)F)ccc21. The molecule has 1 heterocycles. The predicted molar refractivity (Wildman–Crippen MR) is 48.5 cm³/mol. The van der Waals surface area contributed by atoms with Gasteiger partial charge in [0.05, 0.1) is 11.5 Å². The molecule has 15 heavy (non-hydrogen) atoms. The lowest BCUT2D eigenvalue weighted by Gasteiger charge is -2.08. The van der Waals surface area contributed by atoms with E-state index in [0.29, 0.717) is 5.56 Å². The summed E-state index contributed by atoms with van der Waals surface area (Å²) in [5, 5.41) is 2.42. The van der Waals surface area contributed by atoms with Crippen LogP contribution in [0.4, 0.5) is 18.9 Å². The molecule has 0 spiro atoms. The number of hydrogen-bond donors (Lipinski definition) is 1. The molecular weight excluding hydrogens is 207 g/mol. The van der Waals surface area contributed by atoms with E-state index in [4.69, 9.17) is 0 Å². The zero-order valence-corrected chi connectivity index (χ0v) is 7.85. The number of anilines is 1. The van der Waals surface area contributed by atoms with Crippen molar-refractivity contribution in [3.05, 3.63) is 29.3 Å². The van der Waals surface area contributed by atoms with Gasteiger partial charge in [-0.25, -0.2) is 0 Å². The molecule has 1 unspecified atom stereocenters. The van der Waals surface area contributed by atoms with Gasteiger partial charge >= 0.3 is 6.18 Å². The Morgan fingerprint density at radius 2 is 2.00 bits per heavy atom. The zero-order chi connectivity index (χ0) is 11.2. The smallest absolute Gasteiger partial charge is 0.325 e. The van der Waals surface area contributed by atoms with Gasteiger partial charge in [0, 0.05) is 5.69 Å². The summed E-state index contributed by atoms with van der Waals surface area (Å²) in [5.74, 6) is -0.633. The van der Waals surface area contributed by atoms with Crippen molar-refractivity contribution < 1.29 is 18.0 Å². The fourth-order valence-electron chi connectivity index (χ4n) is 1.60. The number of carbonyl (C=O) groups excluding carboxylic acids is 1. The molecule has 0 saturated carbocycles. The molecule has 0 saturated heterocycles. The molecule has 0 aliphatic carbocycles. The molecule has 1 atom stereocenters. The van der Waals surface area contributed by atoms with E-state index in [-0.39, 0.29) is 17.5 Å². The van der Waals surface area contributed by atoms with Gasteiger partial charge in [-0.15, -0.1) is 0 Å². The monoisotopic (exact) mass is 215 g/mol. The van der Waals surface area contributed by atoms with Crippen LogP contribution in [0.15, 0.2) is 18.2 Å². The number of benzene rings is 1. The lowest BCUT2D eigenvalue weighted by Crippen LogP contribution is -2.08. The van der Waals surface area contributed by atoms with Gasteiger partial charge in [-0.3, -0.25) is 4.79 Å². The van der Waals surface area contributed by atoms with Crippen LogP contribution in [0.1, 0.15) is 24.0 Å². The lowest BCUT2D eigenvalue weighted by molar-refractivity contribution is -0.137. The van der Waals surface area contributed by atoms with Crippen LogP contribution in [0, 0.1) is 0 Å². The standard InChI is InChI=1S/C10H8F3NO/c1-5-7-3-2-6(10(11,12)13)4-8(7)14-9(5)15/h2-5H,1H3,(H,14,15). The molecule has 1 aliphatic heterocycles. The van der Waals surface area contributed by atoms with Crippen LogP contribution in [-0.4, -0.2) is 5.91 Å². The van der Waals surface area contributed by atoms with Gasteiger partial charge in [0.15, 0.2) is 0 Å². The fraction of sp³-hybridized carbons (Fsp3) is 0.300. The number of rotatable bonds is 0. The van der Waals surface area contributed by atoms with Crippen molar-refractivity contribution in [1.29, 1.82) is 0 Å². The number of hydrogen-bond acceptors (Lipinski definition) is 1. The summed E-state index contributed by atoms with van der Waals surface area (Å²) in [4.78, 5) is 11.2. The fourth-order valence-corrected chi connectivity index (χ4v) is 1.60. The first-order valence-electron chi connectivity index (χ1n) is 4.41. The van der Waals surface area contributed by atoms with Gasteiger partial charge in [0.25, 0.3) is 0 Å². The maximum atomic E-state index is 12.3. The van der Waals surface area contributed by atoms with Crippen molar-refractivity contribution >= 4 is 11.6 Å². The minimum absolute atomic E-state index is 0.260. The van der Waals surface area contributed by atoms with Crippen molar-refractivity contribution in [1.82, 2.24) is 0 Å². The molecule has 1 aromatic rings. The molecule has 1 aliphatic rings. The van der Waals surface area contributed by atoms with E-state index in [1.165, 1.54) is 6.07 Å². The van der Waals surface area contributed by atoms with Crippen molar-refractivity contribution in [2.24, 2.45) is 0 Å². The molecule has 80 valence electrons. The highest BCUT2D eigenvalue weighted by molar-refractivity contribution is 6.02. The highest BCUT2D eigenvalue weighted by Crippen LogP contribution is 2.37. The van der Waals surface area contributed by atoms with E-state index in [0.717, 1.165) is 12.1 Å². The lowest BCUT2D eigenvalue weighted by atomic mass is 10.0. The van der Waals surface area contributed by atoms with Gasteiger partial charge < -0.3 is 5.32 Å². The predicted octanol–water partition coefficient (Wildman–Crippen LogP) is 2.76. The molecule has 1 amide bonds. The quantitative estimate of drug-likeness (QED) is 0.708. The van der Waals surface area contributed by atoms with Crippen LogP contribution >= 0.6 is 0 Å². The van der Waals surface area contributed by atoms with Gasteiger partial charge in [0.1, 0.15) is 0 Å². The number of halogens is 3. The summed E-state index contributed by atoms with van der Waals surface area (Å²) in [5.41, 5.74) is 0.144. The Hall–Kier alpha value is -1.52. The Balaban J connectivity index is 2.47. The third kappa shape index (κ3) is 1.58. The maximum absolute atomic E-state index is 12.3. The number of nitrogens with one attached hydrogen (secondary N) is 1. The third-order valence-electron chi connectivity index (χ3n) is 2.50. The zero-order valence-electron chi connectivity index (χ0n) is 7.85. The summed E-state index contributed by atoms with van der Waals surface area (Å²) in [6.07, 6.45) is -4.37. The Labute approximate surface area is 84.1 Å². The van der Waals surface area contributed by atoms with Crippen LogP contribution in [0.2, 0.25) is 0 Å². The Bertz CT molecular complexity index is 425. The summed E-state index contributed by atoms with van der Waals surface area (Å²) in [6, 6.07) is 3.31.